The summed E-state index contributed by atoms with van der Waals surface area (Å²) in [6.07, 6.45) is -0.940. The number of ether oxygens (including phenoxy) is 1. The van der Waals surface area contributed by atoms with Crippen molar-refractivity contribution in [2.45, 2.75) is 12.8 Å². The molecule has 0 spiro atoms. The number of hydrogen-bond acceptors (Lipinski definition) is 8. The van der Waals surface area contributed by atoms with Gasteiger partial charge in [-0.3, -0.25) is 4.79 Å². The van der Waals surface area contributed by atoms with Crippen LogP contribution in [0.1, 0.15) is 6.42 Å². The summed E-state index contributed by atoms with van der Waals surface area (Å²) in [7, 11) is 2.07. The number of hydrogen-bond donors (Lipinski definition) is 2. The van der Waals surface area contributed by atoms with Gasteiger partial charge in [0, 0.05) is 67.7 Å². The smallest absolute Gasteiger partial charge is 0.272 e. The van der Waals surface area contributed by atoms with Gasteiger partial charge < -0.3 is 25.2 Å². The lowest BCUT2D eigenvalue weighted by atomic mass is 10.1. The van der Waals surface area contributed by atoms with Gasteiger partial charge in [-0.15, -0.1) is 10.2 Å². The Bertz CT molecular complexity index is 1260. The maximum Gasteiger partial charge on any atom is 0.272 e. The van der Waals surface area contributed by atoms with Crippen LogP contribution in [0.15, 0.2) is 42.6 Å². The molecule has 1 aliphatic rings. The van der Waals surface area contributed by atoms with Gasteiger partial charge in [-0.1, -0.05) is 11.6 Å². The Morgan fingerprint density at radius 3 is 2.68 bits per heavy atom. The molecule has 1 fully saturated rings. The van der Waals surface area contributed by atoms with Crippen molar-refractivity contribution in [2.24, 2.45) is 0 Å². The van der Waals surface area contributed by atoms with Crippen LogP contribution in [0.4, 0.5) is 30.4 Å². The molecule has 1 amide bonds. The molecule has 0 atom stereocenters. The maximum absolute atomic E-state index is 14.4. The first-order chi connectivity index (χ1) is 18.3. The van der Waals surface area contributed by atoms with Gasteiger partial charge in [0.2, 0.25) is 5.91 Å². The molecule has 0 bridgehead atoms. The van der Waals surface area contributed by atoms with Crippen LogP contribution in [0, 0.1) is 5.82 Å². The zero-order chi connectivity index (χ0) is 27.1. The summed E-state index contributed by atoms with van der Waals surface area (Å²) >= 11 is 6.00. The van der Waals surface area contributed by atoms with Crippen molar-refractivity contribution in [3.05, 3.63) is 53.4 Å². The molecule has 3 aromatic rings. The summed E-state index contributed by atoms with van der Waals surface area (Å²) in [4.78, 5) is 21.2. The van der Waals surface area contributed by atoms with Gasteiger partial charge in [0.05, 0.1) is 5.69 Å². The lowest BCUT2D eigenvalue weighted by Crippen LogP contribution is -2.45. The summed E-state index contributed by atoms with van der Waals surface area (Å²) < 4.78 is 45.1. The minimum absolute atomic E-state index is 0.0801. The third-order valence-electron chi connectivity index (χ3n) is 5.87. The number of rotatable bonds is 10. The van der Waals surface area contributed by atoms with Crippen LogP contribution in [0.3, 0.4) is 0 Å². The fourth-order valence-corrected chi connectivity index (χ4v) is 3.98. The van der Waals surface area contributed by atoms with Crippen LogP contribution < -0.4 is 15.4 Å². The largest absolute Gasteiger partial charge is 0.469 e. The molecule has 1 aromatic carbocycles. The van der Waals surface area contributed by atoms with E-state index in [2.05, 4.69) is 42.7 Å². The van der Waals surface area contributed by atoms with Crippen LogP contribution in [0.5, 0.6) is 5.88 Å². The molecule has 0 unspecified atom stereocenters. The molecule has 0 saturated carbocycles. The highest BCUT2D eigenvalue weighted by molar-refractivity contribution is 6.30. The first-order valence-electron chi connectivity index (χ1n) is 11.9. The van der Waals surface area contributed by atoms with Gasteiger partial charge in [0.1, 0.15) is 17.3 Å². The van der Waals surface area contributed by atoms with Gasteiger partial charge in [-0.2, -0.15) is 0 Å². The normalized spacial score (nSPS) is 14.5. The van der Waals surface area contributed by atoms with Crippen molar-refractivity contribution < 1.29 is 22.7 Å². The lowest BCUT2D eigenvalue weighted by Gasteiger charge is -2.32. The highest BCUT2D eigenvalue weighted by atomic mass is 35.5. The lowest BCUT2D eigenvalue weighted by molar-refractivity contribution is -0.116. The molecule has 2 aromatic heterocycles. The van der Waals surface area contributed by atoms with Crippen LogP contribution in [0.25, 0.3) is 11.3 Å². The van der Waals surface area contributed by atoms with Crippen molar-refractivity contribution in [1.29, 1.82) is 0 Å². The van der Waals surface area contributed by atoms with Gasteiger partial charge in [-0.05, 0) is 37.4 Å². The van der Waals surface area contributed by atoms with Crippen LogP contribution in [-0.4, -0.2) is 83.7 Å². The van der Waals surface area contributed by atoms with E-state index >= 15 is 0 Å². The van der Waals surface area contributed by atoms with E-state index in [1.807, 2.05) is 0 Å². The molecule has 4 rings (SSSR count). The molecule has 2 N–H and O–H groups in total. The summed E-state index contributed by atoms with van der Waals surface area (Å²) in [5, 5.41) is 13.9. The quantitative estimate of drug-likeness (QED) is 0.387. The number of halogens is 4. The van der Waals surface area contributed by atoms with Gasteiger partial charge in [0.15, 0.2) is 6.61 Å². The minimum Gasteiger partial charge on any atom is -0.469 e. The number of anilines is 3. The third kappa shape index (κ3) is 7.76. The van der Waals surface area contributed by atoms with Gasteiger partial charge in [-0.25, -0.2) is 18.2 Å². The van der Waals surface area contributed by atoms with Crippen molar-refractivity contribution in [2.75, 3.05) is 57.0 Å². The Morgan fingerprint density at radius 2 is 1.92 bits per heavy atom. The Balaban J connectivity index is 1.48. The van der Waals surface area contributed by atoms with Crippen LogP contribution >= 0.6 is 11.6 Å². The van der Waals surface area contributed by atoms with E-state index in [1.54, 1.807) is 12.1 Å². The number of nitrogens with zero attached hydrogens (tertiary/aromatic N) is 5. The number of benzene rings is 1. The molecule has 1 aliphatic heterocycles. The second-order valence-corrected chi connectivity index (χ2v) is 9.21. The Kier molecular flexibility index (Phi) is 9.32. The maximum atomic E-state index is 14.4. The Hall–Kier alpha value is -3.48. The van der Waals surface area contributed by atoms with Crippen LogP contribution in [-0.2, 0) is 4.79 Å². The SMILES string of the molecule is CN1CCN(CCC(=O)Nc2cc(Nc3cc(-c4cc(Cl)ccc4F)nnc3OCC(F)F)ccn2)CC1. The number of carbonyl (C=O) groups excluding carboxylic acids is 1. The monoisotopic (exact) mass is 549 g/mol. The zero-order valence-electron chi connectivity index (χ0n) is 20.6. The molecule has 202 valence electrons. The second-order valence-electron chi connectivity index (χ2n) is 8.77. The fourth-order valence-electron chi connectivity index (χ4n) is 3.81. The van der Waals surface area contributed by atoms with E-state index < -0.39 is 18.8 Å². The van der Waals surface area contributed by atoms with E-state index in [0.29, 0.717) is 24.5 Å². The highest BCUT2D eigenvalue weighted by Gasteiger charge is 2.17. The molecule has 0 radical (unpaired) electrons. The van der Waals surface area contributed by atoms with E-state index in [-0.39, 0.29) is 33.8 Å². The number of nitrogens with one attached hydrogen (secondary N) is 2. The average molecular weight is 550 g/mol. The zero-order valence-corrected chi connectivity index (χ0v) is 21.4. The Labute approximate surface area is 223 Å². The highest BCUT2D eigenvalue weighted by Crippen LogP contribution is 2.32. The summed E-state index contributed by atoms with van der Waals surface area (Å²) in [5.74, 6) is -0.664. The molecule has 0 aliphatic carbocycles. The molecule has 13 heteroatoms. The van der Waals surface area contributed by atoms with E-state index in [0.717, 1.165) is 26.2 Å². The molecule has 3 heterocycles. The first kappa shape index (κ1) is 27.6. The molecular weight excluding hydrogens is 523 g/mol. The topological polar surface area (TPSA) is 95.5 Å². The Morgan fingerprint density at radius 1 is 1.13 bits per heavy atom. The first-order valence-corrected chi connectivity index (χ1v) is 12.3. The molecular formula is C25H27ClF3N7O2. The number of piperazine rings is 1. The summed E-state index contributed by atoms with van der Waals surface area (Å²) in [6.45, 7) is 3.51. The van der Waals surface area contributed by atoms with Crippen molar-refractivity contribution >= 4 is 34.7 Å². The van der Waals surface area contributed by atoms with Crippen molar-refractivity contribution in [3.63, 3.8) is 0 Å². The molecule has 38 heavy (non-hydrogen) atoms. The number of pyridine rings is 1. The van der Waals surface area contributed by atoms with E-state index in [9.17, 15) is 18.0 Å². The fraction of sp³-hybridized carbons (Fsp3) is 0.360. The number of amides is 1. The predicted octanol–water partition coefficient (Wildman–Crippen LogP) is 4.29. The van der Waals surface area contributed by atoms with Crippen LogP contribution in [0.2, 0.25) is 5.02 Å². The van der Waals surface area contributed by atoms with Gasteiger partial charge >= 0.3 is 0 Å². The number of alkyl halides is 2. The number of aromatic nitrogens is 3. The van der Waals surface area contributed by atoms with Crippen molar-refractivity contribution in [3.8, 4) is 17.1 Å². The summed E-state index contributed by atoms with van der Waals surface area (Å²) in [5.41, 5.74) is 0.815. The molecule has 1 saturated heterocycles. The van der Waals surface area contributed by atoms with Gasteiger partial charge in [0.25, 0.3) is 12.3 Å². The predicted molar refractivity (Wildman–Crippen MR) is 139 cm³/mol. The third-order valence-corrected chi connectivity index (χ3v) is 6.10. The number of carbonyl (C=O) groups is 1. The standard InChI is InChI=1S/C25H27ClF3N7O2/c1-35-8-10-36(11-9-35)7-5-24(37)32-23-13-17(4-6-30-23)31-21-14-20(18-12-16(26)2-3-19(18)27)33-34-25(21)38-15-22(28)29/h2-4,6,12-14,22H,5,7-11,15H2,1H3,(H2,30,31,32,33,37). The van der Waals surface area contributed by atoms with Crippen molar-refractivity contribution in [1.82, 2.24) is 25.0 Å². The molecule has 9 nitrogen and oxygen atoms in total. The summed E-state index contributed by atoms with van der Waals surface area (Å²) in [6, 6.07) is 8.56. The second kappa shape index (κ2) is 12.9. The van der Waals surface area contributed by atoms with E-state index in [4.69, 9.17) is 16.3 Å². The number of likely N-dealkylation sites (N-methyl/N-ethyl adjacent to an activating group) is 1. The minimum atomic E-state index is -2.73. The van der Waals surface area contributed by atoms with E-state index in [1.165, 1.54) is 30.5 Å². The average Bonchev–Trinajstić information content (AvgIpc) is 2.89.